The number of anilines is 1. The summed E-state index contributed by atoms with van der Waals surface area (Å²) in [6.45, 7) is 5.99. The molecular weight excluding hydrogens is 252 g/mol. The minimum absolute atomic E-state index is 0.284. The number of aromatic nitrogens is 1. The highest BCUT2D eigenvalue weighted by molar-refractivity contribution is 5.90. The predicted molar refractivity (Wildman–Crippen MR) is 79.8 cm³/mol. The lowest BCUT2D eigenvalue weighted by Crippen LogP contribution is -2.08. The number of nitrogens with one attached hydrogen (secondary N) is 1. The Bertz CT molecular complexity index is 575. The first kappa shape index (κ1) is 14.2. The molecule has 4 heteroatoms. The van der Waals surface area contributed by atoms with Gasteiger partial charge in [0.1, 0.15) is 0 Å². The van der Waals surface area contributed by atoms with Crippen LogP contribution >= 0.6 is 0 Å². The van der Waals surface area contributed by atoms with Crippen LogP contribution in [0.5, 0.6) is 0 Å². The molecule has 0 saturated carbocycles. The van der Waals surface area contributed by atoms with Crippen molar-refractivity contribution in [2.45, 2.75) is 26.9 Å². The molecule has 0 unspecified atom stereocenters. The molecule has 1 aromatic carbocycles. The van der Waals surface area contributed by atoms with E-state index in [0.29, 0.717) is 12.2 Å². The fourth-order valence-electron chi connectivity index (χ4n) is 2.08. The molecule has 0 spiro atoms. The first-order valence-corrected chi connectivity index (χ1v) is 6.89. The molecular formula is C16H20N2O2. The highest BCUT2D eigenvalue weighted by Crippen LogP contribution is 2.13. The molecule has 1 aromatic heterocycles. The number of benzene rings is 1. The minimum Gasteiger partial charge on any atom is -0.462 e. The lowest BCUT2D eigenvalue weighted by molar-refractivity contribution is 0.0526. The van der Waals surface area contributed by atoms with Gasteiger partial charge in [-0.25, -0.2) is 4.79 Å². The van der Waals surface area contributed by atoms with Gasteiger partial charge in [0.15, 0.2) is 0 Å². The number of carbonyl (C=O) groups is 1. The Hall–Kier alpha value is -2.23. The smallest absolute Gasteiger partial charge is 0.338 e. The van der Waals surface area contributed by atoms with E-state index in [4.69, 9.17) is 4.74 Å². The molecule has 0 radical (unpaired) electrons. The Morgan fingerprint density at radius 3 is 2.85 bits per heavy atom. The first-order chi connectivity index (χ1) is 9.74. The van der Waals surface area contributed by atoms with Gasteiger partial charge < -0.3 is 14.6 Å². The van der Waals surface area contributed by atoms with Crippen molar-refractivity contribution < 1.29 is 9.53 Å². The minimum atomic E-state index is -0.284. The Balaban J connectivity index is 2.03. The van der Waals surface area contributed by atoms with Gasteiger partial charge >= 0.3 is 5.97 Å². The van der Waals surface area contributed by atoms with Gasteiger partial charge in [0.05, 0.1) is 18.7 Å². The molecule has 0 bridgehead atoms. The van der Waals surface area contributed by atoms with E-state index < -0.39 is 0 Å². The summed E-state index contributed by atoms with van der Waals surface area (Å²) in [4.78, 5) is 11.7. The van der Waals surface area contributed by atoms with Gasteiger partial charge in [-0.15, -0.1) is 0 Å². The molecule has 0 aliphatic heterocycles. The number of esters is 1. The fourth-order valence-corrected chi connectivity index (χ4v) is 2.08. The second kappa shape index (κ2) is 6.80. The zero-order chi connectivity index (χ0) is 14.4. The average Bonchev–Trinajstić information content (AvgIpc) is 2.93. The van der Waals surface area contributed by atoms with Crippen molar-refractivity contribution in [2.24, 2.45) is 0 Å². The summed E-state index contributed by atoms with van der Waals surface area (Å²) < 4.78 is 7.18. The maximum atomic E-state index is 11.7. The standard InChI is InChI=1S/C16H20N2O2/c1-3-18-10-6-9-15(18)12-17-14-8-5-7-13(11-14)16(19)20-4-2/h5-11,17H,3-4,12H2,1-2H3. The third-order valence-corrected chi connectivity index (χ3v) is 3.11. The molecule has 2 aromatic rings. The number of aryl methyl sites for hydroxylation is 1. The molecule has 0 aliphatic rings. The van der Waals surface area contributed by atoms with Crippen molar-refractivity contribution in [1.29, 1.82) is 0 Å². The van der Waals surface area contributed by atoms with E-state index in [2.05, 4.69) is 29.1 Å². The number of ether oxygens (including phenoxy) is 1. The van der Waals surface area contributed by atoms with Crippen LogP contribution in [0, 0.1) is 0 Å². The van der Waals surface area contributed by atoms with E-state index in [-0.39, 0.29) is 5.97 Å². The fraction of sp³-hybridized carbons (Fsp3) is 0.312. The van der Waals surface area contributed by atoms with E-state index in [1.165, 1.54) is 5.69 Å². The van der Waals surface area contributed by atoms with Crippen LogP contribution < -0.4 is 5.32 Å². The molecule has 0 saturated heterocycles. The molecule has 0 atom stereocenters. The molecule has 2 rings (SSSR count). The van der Waals surface area contributed by atoms with E-state index in [0.717, 1.165) is 18.8 Å². The van der Waals surface area contributed by atoms with E-state index >= 15 is 0 Å². The normalized spacial score (nSPS) is 10.3. The van der Waals surface area contributed by atoms with Gasteiger partial charge in [-0.1, -0.05) is 6.07 Å². The van der Waals surface area contributed by atoms with Crippen molar-refractivity contribution in [3.05, 3.63) is 53.9 Å². The van der Waals surface area contributed by atoms with E-state index in [9.17, 15) is 4.79 Å². The first-order valence-electron chi connectivity index (χ1n) is 6.89. The topological polar surface area (TPSA) is 43.3 Å². The zero-order valence-electron chi connectivity index (χ0n) is 11.9. The number of nitrogens with zero attached hydrogens (tertiary/aromatic N) is 1. The van der Waals surface area contributed by atoms with E-state index in [1.54, 1.807) is 13.0 Å². The lowest BCUT2D eigenvalue weighted by Gasteiger charge is -2.10. The average molecular weight is 272 g/mol. The molecule has 0 fully saturated rings. The van der Waals surface area contributed by atoms with Crippen LogP contribution in [0.1, 0.15) is 29.9 Å². The van der Waals surface area contributed by atoms with Crippen LogP contribution in [0.25, 0.3) is 0 Å². The summed E-state index contributed by atoms with van der Waals surface area (Å²) in [5.74, 6) is -0.284. The molecule has 0 aliphatic carbocycles. The van der Waals surface area contributed by atoms with Crippen LogP contribution in [0.15, 0.2) is 42.6 Å². The van der Waals surface area contributed by atoms with Crippen LogP contribution in [0.4, 0.5) is 5.69 Å². The second-order valence-electron chi connectivity index (χ2n) is 4.44. The highest BCUT2D eigenvalue weighted by atomic mass is 16.5. The Kier molecular flexibility index (Phi) is 4.82. The zero-order valence-corrected chi connectivity index (χ0v) is 11.9. The maximum Gasteiger partial charge on any atom is 0.338 e. The number of hydrogen-bond acceptors (Lipinski definition) is 3. The predicted octanol–water partition coefficient (Wildman–Crippen LogP) is 3.30. The van der Waals surface area contributed by atoms with Gasteiger partial charge in [0, 0.05) is 24.1 Å². The van der Waals surface area contributed by atoms with Crippen LogP contribution in [0.3, 0.4) is 0 Å². The molecule has 1 heterocycles. The Morgan fingerprint density at radius 1 is 1.25 bits per heavy atom. The largest absolute Gasteiger partial charge is 0.462 e. The van der Waals surface area contributed by atoms with Crippen LogP contribution in [0.2, 0.25) is 0 Å². The Morgan fingerprint density at radius 2 is 2.10 bits per heavy atom. The van der Waals surface area contributed by atoms with Gasteiger partial charge in [0.2, 0.25) is 0 Å². The molecule has 4 nitrogen and oxygen atoms in total. The maximum absolute atomic E-state index is 11.7. The summed E-state index contributed by atoms with van der Waals surface area (Å²) in [5, 5.41) is 3.33. The summed E-state index contributed by atoms with van der Waals surface area (Å²) >= 11 is 0. The van der Waals surface area contributed by atoms with Crippen molar-refractivity contribution in [1.82, 2.24) is 4.57 Å². The van der Waals surface area contributed by atoms with Crippen LogP contribution in [-0.2, 0) is 17.8 Å². The van der Waals surface area contributed by atoms with Gasteiger partial charge in [-0.2, -0.15) is 0 Å². The lowest BCUT2D eigenvalue weighted by atomic mass is 10.2. The van der Waals surface area contributed by atoms with Gasteiger partial charge in [0.25, 0.3) is 0 Å². The summed E-state index contributed by atoms with van der Waals surface area (Å²) in [6.07, 6.45) is 2.06. The second-order valence-corrected chi connectivity index (χ2v) is 4.44. The molecule has 106 valence electrons. The summed E-state index contributed by atoms with van der Waals surface area (Å²) in [7, 11) is 0. The number of hydrogen-bond donors (Lipinski definition) is 1. The molecule has 1 N–H and O–H groups in total. The van der Waals surface area contributed by atoms with E-state index in [1.807, 2.05) is 24.3 Å². The van der Waals surface area contributed by atoms with Crippen molar-refractivity contribution in [3.63, 3.8) is 0 Å². The third kappa shape index (κ3) is 3.41. The number of rotatable bonds is 6. The van der Waals surface area contributed by atoms with Gasteiger partial charge in [-0.3, -0.25) is 0 Å². The monoisotopic (exact) mass is 272 g/mol. The third-order valence-electron chi connectivity index (χ3n) is 3.11. The van der Waals surface area contributed by atoms with Crippen molar-refractivity contribution in [2.75, 3.05) is 11.9 Å². The van der Waals surface area contributed by atoms with Crippen molar-refractivity contribution in [3.8, 4) is 0 Å². The SMILES string of the molecule is CCOC(=O)c1cccc(NCc2cccn2CC)c1. The van der Waals surface area contributed by atoms with Crippen molar-refractivity contribution >= 4 is 11.7 Å². The molecule has 0 amide bonds. The van der Waals surface area contributed by atoms with Crippen LogP contribution in [-0.4, -0.2) is 17.1 Å². The number of carbonyl (C=O) groups excluding carboxylic acids is 1. The van der Waals surface area contributed by atoms with Gasteiger partial charge in [-0.05, 0) is 44.2 Å². The summed E-state index contributed by atoms with van der Waals surface area (Å²) in [6, 6.07) is 11.5. The Labute approximate surface area is 119 Å². The summed E-state index contributed by atoms with van der Waals surface area (Å²) in [5.41, 5.74) is 2.70. The molecule has 20 heavy (non-hydrogen) atoms. The quantitative estimate of drug-likeness (QED) is 0.820. The highest BCUT2D eigenvalue weighted by Gasteiger charge is 2.06.